The van der Waals surface area contributed by atoms with E-state index in [4.69, 9.17) is 11.6 Å². The fourth-order valence-electron chi connectivity index (χ4n) is 1.35. The molecule has 1 heterocycles. The van der Waals surface area contributed by atoms with Gasteiger partial charge in [-0.3, -0.25) is 4.72 Å². The first kappa shape index (κ1) is 13.7. The van der Waals surface area contributed by atoms with Crippen LogP contribution in [0.25, 0.3) is 0 Å². The Labute approximate surface area is 113 Å². The standard InChI is InChI=1S/C11H7ClF2N2O2S/c12-8-6-7(13)4-5-9(8)19(17,18)16-11-3-1-2-10(14)15-11/h1-6H,(H,15,16). The van der Waals surface area contributed by atoms with E-state index >= 15 is 0 Å². The van der Waals surface area contributed by atoms with E-state index in [0.29, 0.717) is 0 Å². The lowest BCUT2D eigenvalue weighted by Crippen LogP contribution is -2.14. The minimum absolute atomic E-state index is 0.194. The van der Waals surface area contributed by atoms with Crippen LogP contribution in [0.1, 0.15) is 0 Å². The molecule has 1 aromatic carbocycles. The minimum atomic E-state index is -4.06. The summed E-state index contributed by atoms with van der Waals surface area (Å²) in [5.74, 6) is -1.68. The summed E-state index contributed by atoms with van der Waals surface area (Å²) in [5, 5.41) is -0.274. The van der Waals surface area contributed by atoms with Gasteiger partial charge in [-0.1, -0.05) is 17.7 Å². The summed E-state index contributed by atoms with van der Waals surface area (Å²) in [7, 11) is -4.06. The SMILES string of the molecule is O=S(=O)(Nc1cccc(F)n1)c1ccc(F)cc1Cl. The Morgan fingerprint density at radius 2 is 1.89 bits per heavy atom. The maximum atomic E-state index is 12.9. The lowest BCUT2D eigenvalue weighted by Gasteiger charge is -2.08. The number of halogens is 3. The largest absolute Gasteiger partial charge is 0.264 e. The lowest BCUT2D eigenvalue weighted by molar-refractivity contribution is 0.584. The summed E-state index contributed by atoms with van der Waals surface area (Å²) < 4.78 is 51.7. The van der Waals surface area contributed by atoms with Gasteiger partial charge in [-0.25, -0.2) is 17.8 Å². The first-order chi connectivity index (χ1) is 8.88. The van der Waals surface area contributed by atoms with Gasteiger partial charge in [-0.2, -0.15) is 4.39 Å². The van der Waals surface area contributed by atoms with Crippen LogP contribution in [0, 0.1) is 11.8 Å². The third kappa shape index (κ3) is 3.18. The van der Waals surface area contributed by atoms with Crippen molar-refractivity contribution in [2.24, 2.45) is 0 Å². The summed E-state index contributed by atoms with van der Waals surface area (Å²) in [6.07, 6.45) is 0. The Bertz CT molecular complexity index is 722. The van der Waals surface area contributed by atoms with Crippen LogP contribution in [0.2, 0.25) is 5.02 Å². The molecule has 0 saturated carbocycles. The molecule has 0 unspecified atom stereocenters. The molecule has 4 nitrogen and oxygen atoms in total. The van der Waals surface area contributed by atoms with Crippen LogP contribution < -0.4 is 4.72 Å². The van der Waals surface area contributed by atoms with Crippen molar-refractivity contribution >= 4 is 27.4 Å². The highest BCUT2D eigenvalue weighted by molar-refractivity contribution is 7.92. The maximum Gasteiger partial charge on any atom is 0.264 e. The number of rotatable bonds is 3. The smallest absolute Gasteiger partial charge is 0.263 e. The van der Waals surface area contributed by atoms with Crippen molar-refractivity contribution in [3.05, 3.63) is 53.2 Å². The van der Waals surface area contributed by atoms with Gasteiger partial charge in [0.2, 0.25) is 5.95 Å². The van der Waals surface area contributed by atoms with Crippen LogP contribution in [0.4, 0.5) is 14.6 Å². The van der Waals surface area contributed by atoms with Gasteiger partial charge in [0.1, 0.15) is 16.5 Å². The summed E-state index contributed by atoms with van der Waals surface area (Å²) >= 11 is 5.66. The summed E-state index contributed by atoms with van der Waals surface area (Å²) in [6, 6.07) is 6.49. The van der Waals surface area contributed by atoms with Crippen LogP contribution >= 0.6 is 11.6 Å². The maximum absolute atomic E-state index is 12.9. The van der Waals surface area contributed by atoms with Crippen molar-refractivity contribution in [3.8, 4) is 0 Å². The topological polar surface area (TPSA) is 59.1 Å². The van der Waals surface area contributed by atoms with Crippen LogP contribution in [-0.4, -0.2) is 13.4 Å². The molecule has 19 heavy (non-hydrogen) atoms. The molecular formula is C11H7ClF2N2O2S. The molecule has 0 fully saturated rings. The number of aromatic nitrogens is 1. The fourth-order valence-corrected chi connectivity index (χ4v) is 2.88. The van der Waals surface area contributed by atoms with Crippen LogP contribution in [0.15, 0.2) is 41.3 Å². The van der Waals surface area contributed by atoms with Crippen molar-refractivity contribution in [3.63, 3.8) is 0 Å². The Kier molecular flexibility index (Phi) is 3.68. The van der Waals surface area contributed by atoms with Gasteiger partial charge in [0, 0.05) is 0 Å². The van der Waals surface area contributed by atoms with Gasteiger partial charge in [0.25, 0.3) is 10.0 Å². The molecule has 2 aromatic rings. The number of sulfonamides is 1. The number of nitrogens with one attached hydrogen (secondary N) is 1. The first-order valence-corrected chi connectivity index (χ1v) is 6.85. The quantitative estimate of drug-likeness (QED) is 0.887. The van der Waals surface area contributed by atoms with Crippen molar-refractivity contribution < 1.29 is 17.2 Å². The van der Waals surface area contributed by atoms with E-state index in [0.717, 1.165) is 24.3 Å². The van der Waals surface area contributed by atoms with E-state index in [1.165, 1.54) is 12.1 Å². The molecule has 8 heteroatoms. The zero-order valence-corrected chi connectivity index (χ0v) is 10.8. The van der Waals surface area contributed by atoms with Crippen molar-refractivity contribution in [2.45, 2.75) is 4.90 Å². The Hall–Kier alpha value is -1.73. The molecule has 0 aliphatic carbocycles. The Morgan fingerprint density at radius 1 is 1.16 bits per heavy atom. The van der Waals surface area contributed by atoms with Crippen molar-refractivity contribution in [2.75, 3.05) is 4.72 Å². The molecule has 0 radical (unpaired) electrons. The van der Waals surface area contributed by atoms with Crippen LogP contribution in [0.3, 0.4) is 0 Å². The highest BCUT2D eigenvalue weighted by Gasteiger charge is 2.19. The molecule has 0 aliphatic rings. The van der Waals surface area contributed by atoms with Crippen LogP contribution in [0.5, 0.6) is 0 Å². The van der Waals surface area contributed by atoms with Gasteiger partial charge in [0.05, 0.1) is 5.02 Å². The molecule has 1 aromatic heterocycles. The fraction of sp³-hybridized carbons (Fsp3) is 0. The van der Waals surface area contributed by atoms with Gasteiger partial charge in [-0.15, -0.1) is 0 Å². The normalized spacial score (nSPS) is 11.3. The van der Waals surface area contributed by atoms with E-state index in [1.807, 2.05) is 4.72 Å². The van der Waals surface area contributed by atoms with Crippen molar-refractivity contribution in [1.82, 2.24) is 4.98 Å². The molecule has 2 rings (SSSR count). The first-order valence-electron chi connectivity index (χ1n) is 4.99. The molecular weight excluding hydrogens is 298 g/mol. The van der Waals surface area contributed by atoms with E-state index in [2.05, 4.69) is 4.98 Å². The van der Waals surface area contributed by atoms with Gasteiger partial charge >= 0.3 is 0 Å². The predicted octanol–water partition coefficient (Wildman–Crippen LogP) is 2.81. The minimum Gasteiger partial charge on any atom is -0.263 e. The molecule has 0 bridgehead atoms. The summed E-state index contributed by atoms with van der Waals surface area (Å²) in [5.41, 5.74) is 0. The number of pyridine rings is 1. The zero-order chi connectivity index (χ0) is 14.0. The van der Waals surface area contributed by atoms with E-state index < -0.39 is 21.8 Å². The average Bonchev–Trinajstić information content (AvgIpc) is 2.27. The summed E-state index contributed by atoms with van der Waals surface area (Å²) in [4.78, 5) is 3.04. The lowest BCUT2D eigenvalue weighted by atomic mass is 10.3. The highest BCUT2D eigenvalue weighted by Crippen LogP contribution is 2.23. The second-order valence-electron chi connectivity index (χ2n) is 3.53. The molecule has 0 atom stereocenters. The van der Waals surface area contributed by atoms with Gasteiger partial charge < -0.3 is 0 Å². The highest BCUT2D eigenvalue weighted by atomic mass is 35.5. The third-order valence-electron chi connectivity index (χ3n) is 2.14. The zero-order valence-electron chi connectivity index (χ0n) is 9.27. The van der Waals surface area contributed by atoms with Crippen molar-refractivity contribution in [1.29, 1.82) is 0 Å². The third-order valence-corrected chi connectivity index (χ3v) is 3.98. The Morgan fingerprint density at radius 3 is 2.53 bits per heavy atom. The molecule has 100 valence electrons. The Balaban J connectivity index is 2.38. The van der Waals surface area contributed by atoms with E-state index in [1.54, 1.807) is 0 Å². The number of hydrogen-bond donors (Lipinski definition) is 1. The van der Waals surface area contributed by atoms with Crippen LogP contribution in [-0.2, 0) is 10.0 Å². The summed E-state index contributed by atoms with van der Waals surface area (Å²) in [6.45, 7) is 0. The van der Waals surface area contributed by atoms with E-state index in [-0.39, 0.29) is 15.7 Å². The molecule has 0 saturated heterocycles. The van der Waals surface area contributed by atoms with Gasteiger partial charge in [0.15, 0.2) is 0 Å². The molecule has 0 aliphatic heterocycles. The monoisotopic (exact) mass is 304 g/mol. The number of hydrogen-bond acceptors (Lipinski definition) is 3. The number of benzene rings is 1. The molecule has 0 amide bonds. The second kappa shape index (κ2) is 5.10. The van der Waals surface area contributed by atoms with Gasteiger partial charge in [-0.05, 0) is 30.3 Å². The molecule has 1 N–H and O–H groups in total. The second-order valence-corrected chi connectivity index (χ2v) is 5.58. The number of anilines is 1. The van der Waals surface area contributed by atoms with E-state index in [9.17, 15) is 17.2 Å². The predicted molar refractivity (Wildman–Crippen MR) is 66.4 cm³/mol. The average molecular weight is 305 g/mol. The number of nitrogens with zero attached hydrogens (tertiary/aromatic N) is 1. The molecule has 0 spiro atoms.